The summed E-state index contributed by atoms with van der Waals surface area (Å²) in [4.78, 5) is 27.3. The van der Waals surface area contributed by atoms with Gasteiger partial charge in [-0.05, 0) is 39.0 Å². The van der Waals surface area contributed by atoms with E-state index in [0.29, 0.717) is 38.4 Å². The predicted molar refractivity (Wildman–Crippen MR) is 108 cm³/mol. The molecule has 0 spiro atoms. The van der Waals surface area contributed by atoms with E-state index in [-0.39, 0.29) is 22.7 Å². The fourth-order valence-electron chi connectivity index (χ4n) is 3.03. The Morgan fingerprint density at radius 1 is 1.14 bits per heavy atom. The normalized spacial score (nSPS) is 15.9. The number of benzene rings is 1. The number of anilines is 2. The van der Waals surface area contributed by atoms with Crippen LogP contribution in [0.2, 0.25) is 0 Å². The molecule has 10 heteroatoms. The molecule has 0 saturated carbocycles. The van der Waals surface area contributed by atoms with E-state index < -0.39 is 16.0 Å². The third-order valence-electron chi connectivity index (χ3n) is 4.13. The molecule has 1 fully saturated rings. The summed E-state index contributed by atoms with van der Waals surface area (Å²) in [7, 11) is -3.56. The maximum Gasteiger partial charge on any atom is 0.335 e. The molecular weight excluding hydrogens is 384 g/mol. The van der Waals surface area contributed by atoms with Crippen LogP contribution in [0.3, 0.4) is 0 Å². The highest BCUT2D eigenvalue weighted by atomic mass is 32.2. The molecular formula is C18H28N4O5S. The number of piperazine rings is 1. The predicted octanol–water partition coefficient (Wildman–Crippen LogP) is 0.793. The van der Waals surface area contributed by atoms with Gasteiger partial charge in [0.25, 0.3) is 0 Å². The number of carboxylic acid groups (broad SMARTS) is 1. The minimum atomic E-state index is -3.56. The van der Waals surface area contributed by atoms with Gasteiger partial charge in [-0.25, -0.2) is 13.2 Å². The molecule has 1 heterocycles. The van der Waals surface area contributed by atoms with Crippen LogP contribution in [0.15, 0.2) is 18.2 Å². The lowest BCUT2D eigenvalue weighted by Crippen LogP contribution is -2.51. The van der Waals surface area contributed by atoms with Gasteiger partial charge < -0.3 is 15.3 Å². The van der Waals surface area contributed by atoms with Crippen LogP contribution >= 0.6 is 0 Å². The summed E-state index contributed by atoms with van der Waals surface area (Å²) < 4.78 is 25.7. The Morgan fingerprint density at radius 2 is 1.75 bits per heavy atom. The van der Waals surface area contributed by atoms with E-state index in [2.05, 4.69) is 10.0 Å². The second kappa shape index (κ2) is 8.36. The SMILES string of the molecule is CC(C)(C)NC(=O)CN1CCN(c2ccc(C(=O)O)cc2NS(C)(=O)=O)CC1. The molecule has 2 rings (SSSR count). The Morgan fingerprint density at radius 3 is 2.25 bits per heavy atom. The van der Waals surface area contributed by atoms with E-state index >= 15 is 0 Å². The Labute approximate surface area is 165 Å². The number of rotatable bonds is 6. The van der Waals surface area contributed by atoms with Crippen LogP contribution in [0.1, 0.15) is 31.1 Å². The van der Waals surface area contributed by atoms with E-state index in [0.717, 1.165) is 6.26 Å². The van der Waals surface area contributed by atoms with Gasteiger partial charge >= 0.3 is 5.97 Å². The molecule has 0 atom stereocenters. The molecule has 1 saturated heterocycles. The summed E-state index contributed by atoms with van der Waals surface area (Å²) in [6, 6.07) is 4.38. The molecule has 3 N–H and O–H groups in total. The van der Waals surface area contributed by atoms with Gasteiger partial charge in [-0.3, -0.25) is 14.4 Å². The van der Waals surface area contributed by atoms with E-state index in [4.69, 9.17) is 0 Å². The number of amides is 1. The first-order valence-electron chi connectivity index (χ1n) is 8.97. The van der Waals surface area contributed by atoms with E-state index in [9.17, 15) is 23.1 Å². The first-order chi connectivity index (χ1) is 12.8. The lowest BCUT2D eigenvalue weighted by molar-refractivity contribution is -0.123. The molecule has 1 aliphatic heterocycles. The maximum absolute atomic E-state index is 12.1. The Balaban J connectivity index is 2.09. The second-order valence-corrected chi connectivity index (χ2v) is 9.72. The molecule has 9 nitrogen and oxygen atoms in total. The van der Waals surface area contributed by atoms with E-state index in [1.807, 2.05) is 30.6 Å². The van der Waals surface area contributed by atoms with Gasteiger partial charge in [-0.1, -0.05) is 0 Å². The number of nitrogens with one attached hydrogen (secondary N) is 2. The summed E-state index contributed by atoms with van der Waals surface area (Å²) in [5.41, 5.74) is 0.583. The highest BCUT2D eigenvalue weighted by molar-refractivity contribution is 7.92. The molecule has 28 heavy (non-hydrogen) atoms. The summed E-state index contributed by atoms with van der Waals surface area (Å²) in [5, 5.41) is 12.1. The number of nitrogens with zero attached hydrogens (tertiary/aromatic N) is 2. The molecule has 0 aromatic heterocycles. The fraction of sp³-hybridized carbons (Fsp3) is 0.556. The second-order valence-electron chi connectivity index (χ2n) is 7.97. The molecule has 0 unspecified atom stereocenters. The zero-order valence-corrected chi connectivity index (χ0v) is 17.5. The van der Waals surface area contributed by atoms with Crippen LogP contribution in [-0.4, -0.2) is 74.8 Å². The molecule has 1 aromatic carbocycles. The van der Waals surface area contributed by atoms with Crippen molar-refractivity contribution < 1.29 is 23.1 Å². The van der Waals surface area contributed by atoms with Gasteiger partial charge in [0.15, 0.2) is 0 Å². The molecule has 0 radical (unpaired) electrons. The zero-order valence-electron chi connectivity index (χ0n) is 16.7. The van der Waals surface area contributed by atoms with Crippen molar-refractivity contribution in [3.63, 3.8) is 0 Å². The van der Waals surface area contributed by atoms with Crippen molar-refractivity contribution in [1.82, 2.24) is 10.2 Å². The van der Waals surface area contributed by atoms with Crippen molar-refractivity contribution >= 4 is 33.3 Å². The zero-order chi connectivity index (χ0) is 21.1. The quantitative estimate of drug-likeness (QED) is 0.632. The first-order valence-corrected chi connectivity index (χ1v) is 10.9. The number of sulfonamides is 1. The third kappa shape index (κ3) is 6.68. The Hall–Kier alpha value is -2.33. The lowest BCUT2D eigenvalue weighted by Gasteiger charge is -2.37. The number of carbonyl (C=O) groups excluding carboxylic acids is 1. The lowest BCUT2D eigenvalue weighted by atomic mass is 10.1. The number of carbonyl (C=O) groups is 2. The van der Waals surface area contributed by atoms with Gasteiger partial charge in [-0.2, -0.15) is 0 Å². The van der Waals surface area contributed by atoms with Crippen molar-refractivity contribution in [2.24, 2.45) is 0 Å². The minimum Gasteiger partial charge on any atom is -0.478 e. The van der Waals surface area contributed by atoms with E-state index in [1.165, 1.54) is 12.1 Å². The third-order valence-corrected chi connectivity index (χ3v) is 4.72. The molecule has 156 valence electrons. The van der Waals surface area contributed by atoms with Crippen LogP contribution in [0.5, 0.6) is 0 Å². The minimum absolute atomic E-state index is 0.00684. The average Bonchev–Trinajstić information content (AvgIpc) is 2.52. The highest BCUT2D eigenvalue weighted by Crippen LogP contribution is 2.29. The van der Waals surface area contributed by atoms with Gasteiger partial charge in [0.2, 0.25) is 15.9 Å². The average molecular weight is 413 g/mol. The number of hydrogen-bond donors (Lipinski definition) is 3. The topological polar surface area (TPSA) is 119 Å². The van der Waals surface area contributed by atoms with Gasteiger partial charge in [0.1, 0.15) is 0 Å². The van der Waals surface area contributed by atoms with Crippen LogP contribution in [0, 0.1) is 0 Å². The van der Waals surface area contributed by atoms with E-state index in [1.54, 1.807) is 6.07 Å². The number of carboxylic acids is 1. The van der Waals surface area contributed by atoms with Crippen molar-refractivity contribution in [3.8, 4) is 0 Å². The summed E-state index contributed by atoms with van der Waals surface area (Å²) in [6.07, 6.45) is 1.02. The molecule has 1 aromatic rings. The fourth-order valence-corrected chi connectivity index (χ4v) is 3.60. The van der Waals surface area contributed by atoms with Crippen molar-refractivity contribution in [1.29, 1.82) is 0 Å². The van der Waals surface area contributed by atoms with Gasteiger partial charge in [-0.15, -0.1) is 0 Å². The molecule has 0 bridgehead atoms. The molecule has 1 amide bonds. The van der Waals surface area contributed by atoms with Crippen molar-refractivity contribution in [3.05, 3.63) is 23.8 Å². The van der Waals surface area contributed by atoms with Crippen LogP contribution in [0.25, 0.3) is 0 Å². The van der Waals surface area contributed by atoms with Crippen LogP contribution < -0.4 is 14.9 Å². The Bertz CT molecular complexity index is 840. The Kier molecular flexibility index (Phi) is 6.56. The van der Waals surface area contributed by atoms with Crippen LogP contribution in [0.4, 0.5) is 11.4 Å². The largest absolute Gasteiger partial charge is 0.478 e. The maximum atomic E-state index is 12.1. The molecule has 1 aliphatic rings. The summed E-state index contributed by atoms with van der Waals surface area (Å²) in [6.45, 7) is 8.55. The first kappa shape index (κ1) is 22.0. The van der Waals surface area contributed by atoms with Crippen LogP contribution in [-0.2, 0) is 14.8 Å². The number of aromatic carboxylic acids is 1. The molecule has 0 aliphatic carbocycles. The smallest absolute Gasteiger partial charge is 0.335 e. The monoisotopic (exact) mass is 412 g/mol. The van der Waals surface area contributed by atoms with Crippen molar-refractivity contribution in [2.45, 2.75) is 26.3 Å². The number of hydrogen-bond acceptors (Lipinski definition) is 6. The van der Waals surface area contributed by atoms with Crippen molar-refractivity contribution in [2.75, 3.05) is 48.6 Å². The van der Waals surface area contributed by atoms with Gasteiger partial charge in [0, 0.05) is 31.7 Å². The standard InChI is InChI=1S/C18H28N4O5S/c1-18(2,3)19-16(23)12-21-7-9-22(10-8-21)15-6-5-13(17(24)25)11-14(15)20-28(4,26)27/h5-6,11,20H,7-10,12H2,1-4H3,(H,19,23)(H,24,25). The summed E-state index contributed by atoms with van der Waals surface area (Å²) >= 11 is 0. The van der Waals surface area contributed by atoms with Gasteiger partial charge in [0.05, 0.1) is 29.7 Å². The highest BCUT2D eigenvalue weighted by Gasteiger charge is 2.23. The summed E-state index contributed by atoms with van der Waals surface area (Å²) in [5.74, 6) is -1.16.